The minimum absolute atomic E-state index is 0.880. The second-order valence-corrected chi connectivity index (χ2v) is 4.24. The molecule has 2 nitrogen and oxygen atoms in total. The quantitative estimate of drug-likeness (QED) is 0.592. The fraction of sp³-hybridized carbons (Fsp3) is 0.0625. The molecule has 0 bridgehead atoms. The lowest BCUT2D eigenvalue weighted by Gasteiger charge is -1.90. The summed E-state index contributed by atoms with van der Waals surface area (Å²) in [5.41, 5.74) is 4.04. The highest BCUT2D eigenvalue weighted by atomic mass is 14.8. The maximum absolute atomic E-state index is 4.25. The first kappa shape index (κ1) is 10.6. The Morgan fingerprint density at radius 2 is 1.89 bits per heavy atom. The van der Waals surface area contributed by atoms with Gasteiger partial charge in [0.25, 0.3) is 0 Å². The van der Waals surface area contributed by atoms with Crippen LogP contribution in [0.15, 0.2) is 48.7 Å². The smallest absolute Gasteiger partial charge is 0.138 e. The number of aryl methyl sites for hydroxylation is 1. The van der Waals surface area contributed by atoms with E-state index >= 15 is 0 Å². The van der Waals surface area contributed by atoms with Gasteiger partial charge in [0, 0.05) is 17.1 Å². The van der Waals surface area contributed by atoms with Crippen LogP contribution in [0, 0.1) is 18.8 Å². The standard InChI is InChI=1S/C16H12N2/c1-12-4-6-13(7-5-12)8-9-15-11-14-3-2-10-17-16(14)18-15/h2-7,10-11H,1H3,(H,17,18). The summed E-state index contributed by atoms with van der Waals surface area (Å²) < 4.78 is 0. The third-order valence-corrected chi connectivity index (χ3v) is 2.78. The van der Waals surface area contributed by atoms with Gasteiger partial charge in [0.1, 0.15) is 5.65 Å². The molecule has 0 amide bonds. The van der Waals surface area contributed by atoms with Crippen LogP contribution in [-0.4, -0.2) is 9.97 Å². The van der Waals surface area contributed by atoms with Crippen molar-refractivity contribution in [2.24, 2.45) is 0 Å². The Morgan fingerprint density at radius 1 is 1.06 bits per heavy atom. The molecule has 3 rings (SSSR count). The zero-order valence-electron chi connectivity index (χ0n) is 10.1. The number of nitrogens with zero attached hydrogens (tertiary/aromatic N) is 1. The molecule has 1 N–H and O–H groups in total. The van der Waals surface area contributed by atoms with Gasteiger partial charge in [-0.3, -0.25) is 0 Å². The van der Waals surface area contributed by atoms with E-state index in [1.165, 1.54) is 5.56 Å². The summed E-state index contributed by atoms with van der Waals surface area (Å²) in [4.78, 5) is 7.44. The maximum Gasteiger partial charge on any atom is 0.138 e. The van der Waals surface area contributed by atoms with Crippen LogP contribution in [0.25, 0.3) is 11.0 Å². The van der Waals surface area contributed by atoms with E-state index in [0.29, 0.717) is 0 Å². The second kappa shape index (κ2) is 4.38. The molecule has 0 saturated heterocycles. The zero-order valence-corrected chi connectivity index (χ0v) is 10.1. The summed E-state index contributed by atoms with van der Waals surface area (Å²) in [6, 6.07) is 14.2. The first-order valence-electron chi connectivity index (χ1n) is 5.84. The zero-order chi connectivity index (χ0) is 12.4. The average molecular weight is 232 g/mol. The van der Waals surface area contributed by atoms with Crippen molar-refractivity contribution in [3.63, 3.8) is 0 Å². The van der Waals surface area contributed by atoms with Crippen LogP contribution in [0.1, 0.15) is 16.8 Å². The first-order chi connectivity index (χ1) is 8.81. The normalized spacial score (nSPS) is 10.1. The molecule has 0 aliphatic carbocycles. The first-order valence-corrected chi connectivity index (χ1v) is 5.84. The molecule has 0 fully saturated rings. The summed E-state index contributed by atoms with van der Waals surface area (Å²) in [7, 11) is 0. The van der Waals surface area contributed by atoms with Crippen molar-refractivity contribution in [2.45, 2.75) is 6.92 Å². The van der Waals surface area contributed by atoms with Crippen molar-refractivity contribution in [1.82, 2.24) is 9.97 Å². The minimum Gasteiger partial charge on any atom is -0.333 e. The number of benzene rings is 1. The number of H-pyrrole nitrogens is 1. The lowest BCUT2D eigenvalue weighted by atomic mass is 10.1. The fourth-order valence-electron chi connectivity index (χ4n) is 1.80. The molecule has 2 heterocycles. The molecule has 2 heteroatoms. The van der Waals surface area contributed by atoms with Gasteiger partial charge in [0.05, 0.1) is 5.69 Å². The topological polar surface area (TPSA) is 28.7 Å². The van der Waals surface area contributed by atoms with Crippen molar-refractivity contribution in [1.29, 1.82) is 0 Å². The van der Waals surface area contributed by atoms with Gasteiger partial charge >= 0.3 is 0 Å². The Kier molecular flexibility index (Phi) is 2.59. The molecule has 86 valence electrons. The van der Waals surface area contributed by atoms with Crippen molar-refractivity contribution >= 4 is 11.0 Å². The van der Waals surface area contributed by atoms with Gasteiger partial charge < -0.3 is 4.98 Å². The highest BCUT2D eigenvalue weighted by Gasteiger charge is 1.97. The molecule has 0 spiro atoms. The highest BCUT2D eigenvalue weighted by molar-refractivity contribution is 5.77. The minimum atomic E-state index is 0.880. The predicted molar refractivity (Wildman–Crippen MR) is 73.3 cm³/mol. The number of hydrogen-bond donors (Lipinski definition) is 1. The van der Waals surface area contributed by atoms with Gasteiger partial charge in [0.2, 0.25) is 0 Å². The lowest BCUT2D eigenvalue weighted by Crippen LogP contribution is -1.77. The number of pyridine rings is 1. The van der Waals surface area contributed by atoms with Gasteiger partial charge in [-0.25, -0.2) is 4.98 Å². The van der Waals surface area contributed by atoms with Gasteiger partial charge in [-0.1, -0.05) is 23.6 Å². The fourth-order valence-corrected chi connectivity index (χ4v) is 1.80. The third kappa shape index (κ3) is 2.11. The lowest BCUT2D eigenvalue weighted by molar-refractivity contribution is 1.31. The average Bonchev–Trinajstić information content (AvgIpc) is 2.81. The Labute approximate surface area is 106 Å². The van der Waals surface area contributed by atoms with E-state index in [0.717, 1.165) is 22.3 Å². The van der Waals surface area contributed by atoms with Crippen LogP contribution in [0.2, 0.25) is 0 Å². The van der Waals surface area contributed by atoms with Crippen molar-refractivity contribution < 1.29 is 0 Å². The molecule has 2 aromatic heterocycles. The maximum atomic E-state index is 4.25. The van der Waals surface area contributed by atoms with Gasteiger partial charge in [-0.15, -0.1) is 0 Å². The van der Waals surface area contributed by atoms with E-state index < -0.39 is 0 Å². The highest BCUT2D eigenvalue weighted by Crippen LogP contribution is 2.11. The molecule has 0 saturated carbocycles. The van der Waals surface area contributed by atoms with Crippen LogP contribution in [0.4, 0.5) is 0 Å². The summed E-state index contributed by atoms with van der Waals surface area (Å²) >= 11 is 0. The Balaban J connectivity index is 1.95. The van der Waals surface area contributed by atoms with Crippen molar-refractivity contribution in [3.8, 4) is 11.8 Å². The van der Waals surface area contributed by atoms with E-state index in [4.69, 9.17) is 0 Å². The Bertz CT molecular complexity index is 707. The van der Waals surface area contributed by atoms with Crippen LogP contribution in [0.3, 0.4) is 0 Å². The molecule has 0 unspecified atom stereocenters. The number of rotatable bonds is 0. The van der Waals surface area contributed by atoms with E-state index in [1.807, 2.05) is 30.3 Å². The molecular weight excluding hydrogens is 220 g/mol. The van der Waals surface area contributed by atoms with Crippen molar-refractivity contribution in [3.05, 3.63) is 65.5 Å². The molecule has 18 heavy (non-hydrogen) atoms. The van der Waals surface area contributed by atoms with E-state index in [2.05, 4.69) is 40.9 Å². The molecule has 0 radical (unpaired) electrons. The summed E-state index contributed by atoms with van der Waals surface area (Å²) in [6.45, 7) is 2.07. The molecule has 0 atom stereocenters. The van der Waals surface area contributed by atoms with Crippen LogP contribution >= 0.6 is 0 Å². The van der Waals surface area contributed by atoms with Crippen LogP contribution in [-0.2, 0) is 0 Å². The number of hydrogen-bond acceptors (Lipinski definition) is 1. The van der Waals surface area contributed by atoms with Crippen LogP contribution < -0.4 is 0 Å². The van der Waals surface area contributed by atoms with Crippen molar-refractivity contribution in [2.75, 3.05) is 0 Å². The second-order valence-electron chi connectivity index (χ2n) is 4.24. The summed E-state index contributed by atoms with van der Waals surface area (Å²) in [6.07, 6.45) is 1.77. The van der Waals surface area contributed by atoms with E-state index in [-0.39, 0.29) is 0 Å². The molecule has 1 aromatic carbocycles. The number of fused-ring (bicyclic) bond motifs is 1. The van der Waals surface area contributed by atoms with E-state index in [9.17, 15) is 0 Å². The Morgan fingerprint density at radius 3 is 2.67 bits per heavy atom. The SMILES string of the molecule is Cc1ccc(C#Cc2cc3cccnc3[nH]2)cc1. The molecule has 0 aliphatic heterocycles. The molecule has 3 aromatic rings. The van der Waals surface area contributed by atoms with Gasteiger partial charge in [-0.2, -0.15) is 0 Å². The molecule has 0 aliphatic rings. The predicted octanol–water partition coefficient (Wildman–Crippen LogP) is 3.27. The van der Waals surface area contributed by atoms with Gasteiger partial charge in [0.15, 0.2) is 0 Å². The largest absolute Gasteiger partial charge is 0.333 e. The number of nitrogens with one attached hydrogen (secondary N) is 1. The number of aromatic nitrogens is 2. The monoisotopic (exact) mass is 232 g/mol. The summed E-state index contributed by atoms with van der Waals surface area (Å²) in [5.74, 6) is 6.26. The van der Waals surface area contributed by atoms with E-state index in [1.54, 1.807) is 6.20 Å². The number of aromatic amines is 1. The Hall–Kier alpha value is -2.53. The molecular formula is C16H12N2. The summed E-state index contributed by atoms with van der Waals surface area (Å²) in [5, 5.41) is 1.09. The van der Waals surface area contributed by atoms with Gasteiger partial charge in [-0.05, 0) is 43.2 Å². The van der Waals surface area contributed by atoms with Crippen LogP contribution in [0.5, 0.6) is 0 Å². The third-order valence-electron chi connectivity index (χ3n) is 2.78.